The largest absolute Gasteiger partial charge is 0.496 e. The summed E-state index contributed by atoms with van der Waals surface area (Å²) in [5, 5.41) is 3.39. The van der Waals surface area contributed by atoms with Gasteiger partial charge in [-0.1, -0.05) is 19.3 Å². The predicted octanol–water partition coefficient (Wildman–Crippen LogP) is 4.44. The maximum atomic E-state index is 13.6. The van der Waals surface area contributed by atoms with Gasteiger partial charge in [-0.15, -0.1) is 0 Å². The van der Waals surface area contributed by atoms with Crippen LogP contribution in [0.4, 0.5) is 4.39 Å². The van der Waals surface area contributed by atoms with E-state index in [0.717, 1.165) is 5.56 Å². The van der Waals surface area contributed by atoms with Crippen LogP contribution in [0.15, 0.2) is 16.6 Å². The van der Waals surface area contributed by atoms with E-state index in [9.17, 15) is 4.39 Å². The lowest BCUT2D eigenvalue weighted by Crippen LogP contribution is -2.27. The first kappa shape index (κ1) is 14.8. The van der Waals surface area contributed by atoms with Crippen molar-refractivity contribution in [3.63, 3.8) is 0 Å². The highest BCUT2D eigenvalue weighted by Gasteiger charge is 2.26. The lowest BCUT2D eigenvalue weighted by molar-refractivity contribution is 0.275. The van der Waals surface area contributed by atoms with Gasteiger partial charge >= 0.3 is 0 Å². The van der Waals surface area contributed by atoms with Crippen molar-refractivity contribution in [3.05, 3.63) is 28.0 Å². The summed E-state index contributed by atoms with van der Waals surface area (Å²) in [5.74, 6) is 0.953. The van der Waals surface area contributed by atoms with E-state index in [4.69, 9.17) is 4.74 Å². The molecule has 0 heterocycles. The van der Waals surface area contributed by atoms with Crippen LogP contribution in [0.5, 0.6) is 5.75 Å². The van der Waals surface area contributed by atoms with E-state index in [1.807, 2.05) is 13.1 Å². The molecule has 1 aromatic rings. The average Bonchev–Trinajstić information content (AvgIpc) is 2.44. The zero-order chi connectivity index (χ0) is 13.8. The second-order valence-electron chi connectivity index (χ2n) is 5.17. The highest BCUT2D eigenvalue weighted by molar-refractivity contribution is 9.10. The van der Waals surface area contributed by atoms with Crippen LogP contribution < -0.4 is 10.1 Å². The molecule has 0 amide bonds. The molecule has 2 rings (SSSR count). The van der Waals surface area contributed by atoms with Crippen molar-refractivity contribution < 1.29 is 9.13 Å². The van der Waals surface area contributed by atoms with Gasteiger partial charge in [-0.05, 0) is 47.8 Å². The number of benzene rings is 1. The fourth-order valence-electron chi connectivity index (χ4n) is 3.08. The minimum absolute atomic E-state index is 0.229. The number of ether oxygens (including phenoxy) is 1. The van der Waals surface area contributed by atoms with E-state index >= 15 is 0 Å². The molecule has 1 aromatic carbocycles. The Bertz CT molecular complexity index is 432. The van der Waals surface area contributed by atoms with E-state index in [1.54, 1.807) is 7.11 Å². The molecule has 2 nitrogen and oxygen atoms in total. The molecule has 0 spiro atoms. The predicted molar refractivity (Wildman–Crippen MR) is 79.0 cm³/mol. The van der Waals surface area contributed by atoms with E-state index in [1.165, 1.54) is 38.2 Å². The molecule has 1 N–H and O–H groups in total. The summed E-state index contributed by atoms with van der Waals surface area (Å²) in [6, 6.07) is 3.54. The number of halogens is 2. The van der Waals surface area contributed by atoms with Gasteiger partial charge in [0, 0.05) is 17.7 Å². The molecule has 1 fully saturated rings. The van der Waals surface area contributed by atoms with E-state index < -0.39 is 0 Å². The van der Waals surface area contributed by atoms with Crippen molar-refractivity contribution in [2.75, 3.05) is 14.2 Å². The summed E-state index contributed by atoms with van der Waals surface area (Å²) >= 11 is 3.27. The van der Waals surface area contributed by atoms with Gasteiger partial charge in [0.25, 0.3) is 0 Å². The van der Waals surface area contributed by atoms with Gasteiger partial charge in [0.2, 0.25) is 0 Å². The fraction of sp³-hybridized carbons (Fsp3) is 0.600. The zero-order valence-corrected chi connectivity index (χ0v) is 13.1. The van der Waals surface area contributed by atoms with Crippen LogP contribution in [0.3, 0.4) is 0 Å². The van der Waals surface area contributed by atoms with Gasteiger partial charge in [-0.25, -0.2) is 4.39 Å². The first-order chi connectivity index (χ1) is 9.17. The van der Waals surface area contributed by atoms with E-state index in [-0.39, 0.29) is 11.9 Å². The second-order valence-corrected chi connectivity index (χ2v) is 6.03. The number of hydrogen-bond acceptors (Lipinski definition) is 2. The third-order valence-electron chi connectivity index (χ3n) is 4.04. The average molecular weight is 330 g/mol. The molecular weight excluding hydrogens is 309 g/mol. The standard InChI is InChI=1S/C15H21BrFNO/c1-18-15(10-6-4-3-5-7-10)11-8-12(16)13(17)9-14(11)19-2/h8-10,15,18H,3-7H2,1-2H3. The third kappa shape index (κ3) is 3.29. The van der Waals surface area contributed by atoms with Gasteiger partial charge in [-0.3, -0.25) is 0 Å². The SMILES string of the molecule is CNC(c1cc(Br)c(F)cc1OC)C1CCCCC1. The number of hydrogen-bond donors (Lipinski definition) is 1. The van der Waals surface area contributed by atoms with Gasteiger partial charge in [0.05, 0.1) is 11.6 Å². The minimum atomic E-state index is -0.279. The summed E-state index contributed by atoms with van der Waals surface area (Å²) in [6.45, 7) is 0. The Hall–Kier alpha value is -0.610. The minimum Gasteiger partial charge on any atom is -0.496 e. The molecule has 0 aromatic heterocycles. The number of methoxy groups -OCH3 is 1. The molecule has 0 bridgehead atoms. The molecule has 1 unspecified atom stereocenters. The third-order valence-corrected chi connectivity index (χ3v) is 4.65. The zero-order valence-electron chi connectivity index (χ0n) is 11.5. The molecule has 4 heteroatoms. The topological polar surface area (TPSA) is 21.3 Å². The Morgan fingerprint density at radius 1 is 1.32 bits per heavy atom. The first-order valence-electron chi connectivity index (χ1n) is 6.87. The van der Waals surface area contributed by atoms with Crippen molar-refractivity contribution in [1.82, 2.24) is 5.32 Å². The molecule has 0 saturated heterocycles. The molecular formula is C15H21BrFNO. The molecule has 1 atom stereocenters. The quantitative estimate of drug-likeness (QED) is 0.881. The molecule has 1 saturated carbocycles. The van der Waals surface area contributed by atoms with Crippen LogP contribution in [0.25, 0.3) is 0 Å². The lowest BCUT2D eigenvalue weighted by atomic mass is 9.81. The molecule has 0 radical (unpaired) electrons. The van der Waals surface area contributed by atoms with Crippen molar-refractivity contribution >= 4 is 15.9 Å². The van der Waals surface area contributed by atoms with Gasteiger partial charge < -0.3 is 10.1 Å². The second kappa shape index (κ2) is 6.71. The van der Waals surface area contributed by atoms with Crippen LogP contribution in [0.1, 0.15) is 43.7 Å². The molecule has 0 aliphatic heterocycles. The summed E-state index contributed by atoms with van der Waals surface area (Å²) in [4.78, 5) is 0. The van der Waals surface area contributed by atoms with Crippen LogP contribution >= 0.6 is 15.9 Å². The number of rotatable bonds is 4. The Labute approximate surface area is 122 Å². The molecule has 106 valence electrons. The summed E-state index contributed by atoms with van der Waals surface area (Å²) in [6.07, 6.45) is 6.35. The normalized spacial score (nSPS) is 18.3. The summed E-state index contributed by atoms with van der Waals surface area (Å²) in [5.41, 5.74) is 1.05. The van der Waals surface area contributed by atoms with Crippen molar-refractivity contribution in [2.24, 2.45) is 5.92 Å². The van der Waals surface area contributed by atoms with Crippen LogP contribution in [-0.2, 0) is 0 Å². The maximum Gasteiger partial charge on any atom is 0.141 e. The summed E-state index contributed by atoms with van der Waals surface area (Å²) in [7, 11) is 3.57. The summed E-state index contributed by atoms with van der Waals surface area (Å²) < 4.78 is 19.5. The Kier molecular flexibility index (Phi) is 5.22. The first-order valence-corrected chi connectivity index (χ1v) is 7.67. The van der Waals surface area contributed by atoms with Gasteiger partial charge in [-0.2, -0.15) is 0 Å². The molecule has 19 heavy (non-hydrogen) atoms. The fourth-order valence-corrected chi connectivity index (χ4v) is 3.44. The number of nitrogens with one attached hydrogen (secondary N) is 1. The van der Waals surface area contributed by atoms with Crippen molar-refractivity contribution in [1.29, 1.82) is 0 Å². The lowest BCUT2D eigenvalue weighted by Gasteiger charge is -2.31. The monoisotopic (exact) mass is 329 g/mol. The molecule has 1 aliphatic rings. The van der Waals surface area contributed by atoms with Gasteiger partial charge in [0.15, 0.2) is 0 Å². The highest BCUT2D eigenvalue weighted by atomic mass is 79.9. The van der Waals surface area contributed by atoms with Crippen molar-refractivity contribution in [2.45, 2.75) is 38.1 Å². The van der Waals surface area contributed by atoms with Crippen LogP contribution in [0.2, 0.25) is 0 Å². The maximum absolute atomic E-state index is 13.6. The smallest absolute Gasteiger partial charge is 0.141 e. The Balaban J connectivity index is 2.33. The van der Waals surface area contributed by atoms with Crippen molar-refractivity contribution in [3.8, 4) is 5.75 Å². The van der Waals surface area contributed by atoms with E-state index in [0.29, 0.717) is 16.1 Å². The Morgan fingerprint density at radius 2 is 2.00 bits per heavy atom. The molecule has 1 aliphatic carbocycles. The Morgan fingerprint density at radius 3 is 2.58 bits per heavy atom. The van der Waals surface area contributed by atoms with Crippen LogP contribution in [-0.4, -0.2) is 14.2 Å². The highest BCUT2D eigenvalue weighted by Crippen LogP contribution is 2.39. The van der Waals surface area contributed by atoms with Crippen LogP contribution in [0, 0.1) is 11.7 Å². The van der Waals surface area contributed by atoms with Gasteiger partial charge in [0.1, 0.15) is 11.6 Å². The van der Waals surface area contributed by atoms with E-state index in [2.05, 4.69) is 21.2 Å².